The van der Waals surface area contributed by atoms with E-state index in [4.69, 9.17) is 9.72 Å². The monoisotopic (exact) mass is 665 g/mol. The lowest BCUT2D eigenvalue weighted by molar-refractivity contribution is -0.134. The maximum atomic E-state index is 13.0. The molecule has 2 aliphatic heterocycles. The Bertz CT molecular complexity index is 1810. The van der Waals surface area contributed by atoms with E-state index in [0.29, 0.717) is 42.7 Å². The molecule has 49 heavy (non-hydrogen) atoms. The molecule has 5 heterocycles. The average molecular weight is 666 g/mol. The normalized spacial score (nSPS) is 18.9. The number of anilines is 3. The predicted molar refractivity (Wildman–Crippen MR) is 186 cm³/mol. The van der Waals surface area contributed by atoms with E-state index in [1.807, 2.05) is 30.3 Å². The van der Waals surface area contributed by atoms with Gasteiger partial charge in [0.25, 0.3) is 5.91 Å². The van der Waals surface area contributed by atoms with Crippen LogP contribution in [0.15, 0.2) is 54.9 Å². The quantitative estimate of drug-likeness (QED) is 0.238. The maximum absolute atomic E-state index is 13.0. The number of amides is 3. The molecule has 256 valence electrons. The lowest BCUT2D eigenvalue weighted by Crippen LogP contribution is -2.47. The first-order valence-electron chi connectivity index (χ1n) is 17.2. The number of nitrogens with one attached hydrogen (secondary N) is 2. The summed E-state index contributed by atoms with van der Waals surface area (Å²) < 4.78 is 8.12. The smallest absolute Gasteiger partial charge is 0.270 e. The minimum Gasteiger partial charge on any atom is -0.491 e. The number of imide groups is 1. The number of hydrogen-bond acceptors (Lipinski definition) is 10. The second-order valence-corrected chi connectivity index (χ2v) is 13.3. The molecule has 1 aliphatic carbocycles. The molecule has 2 N–H and O–H groups in total. The Hall–Kier alpha value is -5.04. The Balaban J connectivity index is 0.891. The summed E-state index contributed by atoms with van der Waals surface area (Å²) >= 11 is 0. The summed E-state index contributed by atoms with van der Waals surface area (Å²) in [5.74, 6) is 1.05. The molecule has 2 saturated heterocycles. The highest BCUT2D eigenvalue weighted by molar-refractivity contribution is 6.01. The number of aromatic nitrogens is 4. The first kappa shape index (κ1) is 32.5. The number of nitrogens with zero attached hydrogens (tertiary/aromatic N) is 7. The van der Waals surface area contributed by atoms with Crippen LogP contribution in [0.5, 0.6) is 5.75 Å². The number of ether oxygens (including phenoxy) is 1. The van der Waals surface area contributed by atoms with Crippen LogP contribution in [0.2, 0.25) is 0 Å². The van der Waals surface area contributed by atoms with Gasteiger partial charge in [-0.3, -0.25) is 24.6 Å². The zero-order valence-electron chi connectivity index (χ0n) is 28.1. The lowest BCUT2D eigenvalue weighted by Gasteiger charge is -2.36. The van der Waals surface area contributed by atoms with Gasteiger partial charge in [-0.1, -0.05) is 25.0 Å². The summed E-state index contributed by atoms with van der Waals surface area (Å²) in [6.45, 7) is 5.05. The molecule has 3 aromatic heterocycles. The number of hydrogen-bond donors (Lipinski definition) is 2. The third-order valence-electron chi connectivity index (χ3n) is 9.82. The summed E-state index contributed by atoms with van der Waals surface area (Å²) in [6.07, 6.45) is 8.78. The van der Waals surface area contributed by atoms with Gasteiger partial charge >= 0.3 is 0 Å². The van der Waals surface area contributed by atoms with Gasteiger partial charge in [0.05, 0.1) is 12.1 Å². The highest BCUT2D eigenvalue weighted by atomic mass is 16.5. The Morgan fingerprint density at radius 1 is 0.980 bits per heavy atom. The standard InChI is InChI=1S/C36H43N9O4/c1-42(2)35(48)30-21-25-22-38-36(41-33(25)45(30)27-5-3-4-6-27)39-31-13-11-28(23-37-31)49-20-19-43-15-17-44(18-16-43)26-9-7-24(8-10-26)29-12-14-32(46)40-34(29)47/h7-11,13,21-23,27,29H,3-6,12,14-20H2,1-2H3,(H,40,46,47)(H,37,38,39,41). The summed E-state index contributed by atoms with van der Waals surface area (Å²) in [6, 6.07) is 14.1. The SMILES string of the molecule is CN(C)C(=O)c1cc2cnc(Nc3ccc(OCCN4CCN(c5ccc(C6CCC(=O)NC6=O)cc5)CC4)cn3)nc2n1C1CCCC1. The first-order valence-corrected chi connectivity index (χ1v) is 17.2. The minimum atomic E-state index is -0.258. The summed E-state index contributed by atoms with van der Waals surface area (Å²) in [5.41, 5.74) is 3.51. The fraction of sp³-hybridized carbons (Fsp3) is 0.444. The van der Waals surface area contributed by atoms with Crippen LogP contribution in [-0.4, -0.2) is 100 Å². The molecule has 1 aromatic carbocycles. The van der Waals surface area contributed by atoms with Crippen LogP contribution in [0.25, 0.3) is 11.0 Å². The average Bonchev–Trinajstić information content (AvgIpc) is 3.77. The summed E-state index contributed by atoms with van der Waals surface area (Å²) in [4.78, 5) is 56.9. The van der Waals surface area contributed by atoms with Gasteiger partial charge < -0.3 is 24.4 Å². The molecular formula is C36H43N9O4. The van der Waals surface area contributed by atoms with E-state index in [2.05, 4.69) is 47.1 Å². The van der Waals surface area contributed by atoms with Crippen LogP contribution >= 0.6 is 0 Å². The molecule has 4 aromatic rings. The van der Waals surface area contributed by atoms with Gasteiger partial charge in [-0.15, -0.1) is 0 Å². The molecule has 13 heteroatoms. The Morgan fingerprint density at radius 2 is 1.76 bits per heavy atom. The van der Waals surface area contributed by atoms with Gasteiger partial charge in [-0.25, -0.2) is 9.97 Å². The Labute approximate surface area is 285 Å². The molecule has 1 unspecified atom stereocenters. The minimum absolute atomic E-state index is 0.0328. The van der Waals surface area contributed by atoms with Crippen molar-refractivity contribution < 1.29 is 19.1 Å². The van der Waals surface area contributed by atoms with Crippen LogP contribution in [-0.2, 0) is 9.59 Å². The Morgan fingerprint density at radius 3 is 2.45 bits per heavy atom. The fourth-order valence-electron chi connectivity index (χ4n) is 7.10. The predicted octanol–water partition coefficient (Wildman–Crippen LogP) is 4.11. The van der Waals surface area contributed by atoms with Crippen molar-refractivity contribution in [3.05, 3.63) is 66.1 Å². The van der Waals surface area contributed by atoms with Gasteiger partial charge in [0.15, 0.2) is 0 Å². The van der Waals surface area contributed by atoms with Crippen molar-refractivity contribution in [1.29, 1.82) is 0 Å². The number of piperazine rings is 1. The maximum Gasteiger partial charge on any atom is 0.270 e. The second kappa shape index (κ2) is 14.2. The van der Waals surface area contributed by atoms with Crippen molar-refractivity contribution in [2.45, 2.75) is 50.5 Å². The van der Waals surface area contributed by atoms with Crippen LogP contribution in [0.3, 0.4) is 0 Å². The number of carbonyl (C=O) groups is 3. The Kier molecular flexibility index (Phi) is 9.43. The summed E-state index contributed by atoms with van der Waals surface area (Å²) in [7, 11) is 3.54. The van der Waals surface area contributed by atoms with Gasteiger partial charge in [0.1, 0.15) is 29.5 Å². The third kappa shape index (κ3) is 7.21. The van der Waals surface area contributed by atoms with Crippen molar-refractivity contribution in [3.63, 3.8) is 0 Å². The van der Waals surface area contributed by atoms with Gasteiger partial charge in [0.2, 0.25) is 17.8 Å². The van der Waals surface area contributed by atoms with Crippen molar-refractivity contribution in [3.8, 4) is 5.75 Å². The van der Waals surface area contributed by atoms with Gasteiger partial charge in [-0.05, 0) is 55.2 Å². The number of piperidine rings is 1. The highest BCUT2D eigenvalue weighted by Gasteiger charge is 2.29. The van der Waals surface area contributed by atoms with E-state index in [-0.39, 0.29) is 29.7 Å². The van der Waals surface area contributed by atoms with Crippen LogP contribution < -0.4 is 20.3 Å². The number of pyridine rings is 1. The zero-order chi connectivity index (χ0) is 33.9. The topological polar surface area (TPSA) is 138 Å². The molecule has 3 amide bonds. The van der Waals surface area contributed by atoms with Crippen LogP contribution in [0, 0.1) is 0 Å². The molecule has 3 aliphatic rings. The number of benzene rings is 1. The van der Waals surface area contributed by atoms with E-state index in [1.165, 1.54) is 0 Å². The number of fused-ring (bicyclic) bond motifs is 1. The van der Waals surface area contributed by atoms with Gasteiger partial charge in [-0.2, -0.15) is 4.98 Å². The van der Waals surface area contributed by atoms with E-state index in [1.54, 1.807) is 31.4 Å². The largest absolute Gasteiger partial charge is 0.491 e. The van der Waals surface area contributed by atoms with Crippen molar-refractivity contribution in [2.24, 2.45) is 0 Å². The molecule has 13 nitrogen and oxygen atoms in total. The van der Waals surface area contributed by atoms with Crippen LogP contribution in [0.4, 0.5) is 17.5 Å². The van der Waals surface area contributed by atoms with E-state index < -0.39 is 0 Å². The van der Waals surface area contributed by atoms with E-state index in [9.17, 15) is 14.4 Å². The van der Waals surface area contributed by atoms with E-state index in [0.717, 1.165) is 80.7 Å². The van der Waals surface area contributed by atoms with Crippen molar-refractivity contribution in [1.82, 2.24) is 34.6 Å². The highest BCUT2D eigenvalue weighted by Crippen LogP contribution is 2.35. The molecule has 0 spiro atoms. The lowest BCUT2D eigenvalue weighted by atomic mass is 9.90. The van der Waals surface area contributed by atoms with Crippen molar-refractivity contribution in [2.75, 3.05) is 63.6 Å². The van der Waals surface area contributed by atoms with Crippen LogP contribution in [0.1, 0.15) is 66.5 Å². The number of rotatable bonds is 10. The third-order valence-corrected chi connectivity index (χ3v) is 9.82. The van der Waals surface area contributed by atoms with E-state index >= 15 is 0 Å². The fourth-order valence-corrected chi connectivity index (χ4v) is 7.10. The molecule has 7 rings (SSSR count). The second-order valence-electron chi connectivity index (χ2n) is 13.3. The number of carbonyl (C=O) groups excluding carboxylic acids is 3. The molecule has 0 radical (unpaired) electrons. The molecule has 1 saturated carbocycles. The first-order chi connectivity index (χ1) is 23.8. The van der Waals surface area contributed by atoms with Gasteiger partial charge in [0, 0.05) is 76.6 Å². The van der Waals surface area contributed by atoms with Crippen molar-refractivity contribution >= 4 is 46.2 Å². The zero-order valence-corrected chi connectivity index (χ0v) is 28.1. The molecule has 1 atom stereocenters. The summed E-state index contributed by atoms with van der Waals surface area (Å²) in [5, 5.41) is 6.50. The molecule has 0 bridgehead atoms. The molecule has 3 fully saturated rings. The molecular weight excluding hydrogens is 622 g/mol.